The minimum atomic E-state index is 0.105. The van der Waals surface area contributed by atoms with E-state index in [9.17, 15) is 0 Å². The zero-order valence-corrected chi connectivity index (χ0v) is 17.2. The molecule has 0 spiro atoms. The normalized spacial score (nSPS) is 38.3. The van der Waals surface area contributed by atoms with Crippen LogP contribution in [0.4, 0.5) is 5.69 Å². The fourth-order valence-corrected chi connectivity index (χ4v) is 7.30. The molecule has 1 aromatic carbocycles. The summed E-state index contributed by atoms with van der Waals surface area (Å²) in [5.74, 6) is 2.97. The van der Waals surface area contributed by atoms with E-state index in [1.165, 1.54) is 60.9 Å². The predicted molar refractivity (Wildman–Crippen MR) is 108 cm³/mol. The largest absolute Gasteiger partial charge is 0.340 e. The lowest BCUT2D eigenvalue weighted by atomic mass is 9.52. The van der Waals surface area contributed by atoms with Crippen LogP contribution in [-0.4, -0.2) is 22.5 Å². The molecule has 2 radical (unpaired) electrons. The molecule has 0 amide bonds. The fourth-order valence-electron chi connectivity index (χ4n) is 7.30. The van der Waals surface area contributed by atoms with Crippen LogP contribution in [0.3, 0.4) is 0 Å². The Hall–Kier alpha value is -1.02. The first kappa shape index (κ1) is 17.1. The SMILES string of the molecule is Cc1cc(C)c(N2[C]N(C34CC5CC(CC(C5)C3)C4)CC2(C)C)c(C)c1. The highest BCUT2D eigenvalue weighted by Gasteiger charge is 2.57. The molecule has 1 saturated heterocycles. The van der Waals surface area contributed by atoms with Crippen molar-refractivity contribution in [1.82, 2.24) is 4.90 Å². The maximum atomic E-state index is 3.92. The van der Waals surface area contributed by atoms with Crippen LogP contribution >= 0.6 is 0 Å². The average molecular weight is 351 g/mol. The lowest BCUT2D eigenvalue weighted by Gasteiger charge is -2.59. The van der Waals surface area contributed by atoms with Gasteiger partial charge in [-0.15, -0.1) is 0 Å². The highest BCUT2D eigenvalue weighted by atomic mass is 15.4. The molecular weight excluding hydrogens is 316 g/mol. The minimum Gasteiger partial charge on any atom is -0.340 e. The van der Waals surface area contributed by atoms with Gasteiger partial charge >= 0.3 is 0 Å². The van der Waals surface area contributed by atoms with Crippen molar-refractivity contribution < 1.29 is 0 Å². The Labute approximate surface area is 159 Å². The minimum absolute atomic E-state index is 0.105. The summed E-state index contributed by atoms with van der Waals surface area (Å²) in [6, 6.07) is 4.65. The third kappa shape index (κ3) is 2.47. The Morgan fingerprint density at radius 1 is 0.885 bits per heavy atom. The molecule has 5 aliphatic rings. The van der Waals surface area contributed by atoms with Gasteiger partial charge in [0.15, 0.2) is 6.67 Å². The molecule has 5 fully saturated rings. The molecule has 0 N–H and O–H groups in total. The van der Waals surface area contributed by atoms with Crippen LogP contribution < -0.4 is 4.90 Å². The van der Waals surface area contributed by atoms with Gasteiger partial charge in [0.25, 0.3) is 0 Å². The number of hydrogen-bond donors (Lipinski definition) is 0. The molecule has 6 rings (SSSR count). The molecule has 2 heteroatoms. The van der Waals surface area contributed by atoms with E-state index in [0.717, 1.165) is 24.3 Å². The van der Waals surface area contributed by atoms with Crippen molar-refractivity contribution in [3.63, 3.8) is 0 Å². The third-order valence-corrected chi connectivity index (χ3v) is 7.81. The Bertz CT molecular complexity index is 673. The number of rotatable bonds is 2. The lowest BCUT2D eigenvalue weighted by Crippen LogP contribution is -2.59. The maximum Gasteiger partial charge on any atom is 0.178 e. The summed E-state index contributed by atoms with van der Waals surface area (Å²) >= 11 is 0. The second-order valence-electron chi connectivity index (χ2n) is 10.7. The Morgan fingerprint density at radius 3 is 1.88 bits per heavy atom. The van der Waals surface area contributed by atoms with Crippen molar-refractivity contribution in [3.05, 3.63) is 35.5 Å². The molecule has 1 aromatic rings. The van der Waals surface area contributed by atoms with Crippen molar-refractivity contribution in [2.75, 3.05) is 11.4 Å². The van der Waals surface area contributed by atoms with Crippen LogP contribution in [0.2, 0.25) is 0 Å². The highest BCUT2D eigenvalue weighted by molar-refractivity contribution is 5.63. The summed E-state index contributed by atoms with van der Waals surface area (Å²) in [6.07, 6.45) is 8.79. The van der Waals surface area contributed by atoms with Gasteiger partial charge in [-0.25, -0.2) is 0 Å². The molecule has 1 heterocycles. The first-order valence-electron chi connectivity index (χ1n) is 10.7. The molecule has 26 heavy (non-hydrogen) atoms. The first-order valence-corrected chi connectivity index (χ1v) is 10.7. The molecule has 2 nitrogen and oxygen atoms in total. The molecule has 1 aliphatic heterocycles. The lowest BCUT2D eigenvalue weighted by molar-refractivity contribution is -0.0732. The van der Waals surface area contributed by atoms with Gasteiger partial charge in [0.05, 0.1) is 0 Å². The van der Waals surface area contributed by atoms with Crippen molar-refractivity contribution in [2.45, 2.75) is 84.2 Å². The van der Waals surface area contributed by atoms with Gasteiger partial charge in [-0.3, -0.25) is 4.90 Å². The van der Waals surface area contributed by atoms with Crippen LogP contribution in [0, 0.1) is 45.2 Å². The molecule has 0 unspecified atom stereocenters. The fraction of sp³-hybridized carbons (Fsp3) is 0.708. The number of nitrogens with zero attached hydrogens (tertiary/aromatic N) is 2. The van der Waals surface area contributed by atoms with E-state index in [1.807, 2.05) is 0 Å². The zero-order valence-electron chi connectivity index (χ0n) is 17.2. The molecule has 140 valence electrons. The van der Waals surface area contributed by atoms with Crippen LogP contribution in [0.25, 0.3) is 0 Å². The summed E-state index contributed by atoms with van der Waals surface area (Å²) in [7, 11) is 0. The van der Waals surface area contributed by atoms with E-state index in [2.05, 4.69) is 63.2 Å². The van der Waals surface area contributed by atoms with Crippen molar-refractivity contribution >= 4 is 5.69 Å². The van der Waals surface area contributed by atoms with E-state index in [4.69, 9.17) is 0 Å². The van der Waals surface area contributed by atoms with Gasteiger partial charge in [0.1, 0.15) is 0 Å². The number of benzene rings is 1. The summed E-state index contributed by atoms with van der Waals surface area (Å²) in [5, 5.41) is 0. The Kier molecular flexibility index (Phi) is 3.62. The third-order valence-electron chi connectivity index (χ3n) is 7.81. The van der Waals surface area contributed by atoms with Crippen molar-refractivity contribution in [3.8, 4) is 0 Å². The Morgan fingerprint density at radius 2 is 1.38 bits per heavy atom. The van der Waals surface area contributed by atoms with E-state index < -0.39 is 0 Å². The predicted octanol–water partition coefficient (Wildman–Crippen LogP) is 5.48. The van der Waals surface area contributed by atoms with Crippen molar-refractivity contribution in [1.29, 1.82) is 0 Å². The topological polar surface area (TPSA) is 6.48 Å². The Balaban J connectivity index is 1.48. The summed E-state index contributed by atoms with van der Waals surface area (Å²) in [5.41, 5.74) is 6.03. The smallest absolute Gasteiger partial charge is 0.178 e. The molecule has 4 bridgehead atoms. The monoisotopic (exact) mass is 350 g/mol. The molecule has 4 aliphatic carbocycles. The summed E-state index contributed by atoms with van der Waals surface area (Å²) in [4.78, 5) is 5.16. The number of hydrogen-bond acceptors (Lipinski definition) is 2. The van der Waals surface area contributed by atoms with Crippen molar-refractivity contribution in [2.24, 2.45) is 17.8 Å². The average Bonchev–Trinajstić information content (AvgIpc) is 2.81. The van der Waals surface area contributed by atoms with Gasteiger partial charge in [0, 0.05) is 23.3 Å². The second kappa shape index (κ2) is 5.50. The van der Waals surface area contributed by atoms with Gasteiger partial charge < -0.3 is 4.90 Å². The van der Waals surface area contributed by atoms with E-state index >= 15 is 0 Å². The zero-order chi connectivity index (χ0) is 18.3. The maximum absolute atomic E-state index is 3.92. The summed E-state index contributed by atoms with van der Waals surface area (Å²) < 4.78 is 0. The number of aryl methyl sites for hydroxylation is 3. The molecule has 0 atom stereocenters. The highest BCUT2D eigenvalue weighted by Crippen LogP contribution is 2.59. The van der Waals surface area contributed by atoms with E-state index in [-0.39, 0.29) is 5.54 Å². The van der Waals surface area contributed by atoms with Crippen LogP contribution in [0.5, 0.6) is 0 Å². The van der Waals surface area contributed by atoms with Gasteiger partial charge in [-0.05, 0) is 102 Å². The van der Waals surface area contributed by atoms with Gasteiger partial charge in [0.2, 0.25) is 0 Å². The van der Waals surface area contributed by atoms with E-state index in [0.29, 0.717) is 5.54 Å². The van der Waals surface area contributed by atoms with E-state index in [1.54, 1.807) is 0 Å². The molecule has 4 saturated carbocycles. The number of anilines is 1. The summed E-state index contributed by atoms with van der Waals surface area (Å²) in [6.45, 7) is 16.6. The first-order chi connectivity index (χ1) is 12.3. The molecular formula is C24H34N2. The van der Waals surface area contributed by atoms with Gasteiger partial charge in [-0.1, -0.05) is 17.7 Å². The van der Waals surface area contributed by atoms with Crippen LogP contribution in [0.1, 0.15) is 69.1 Å². The van der Waals surface area contributed by atoms with Crippen LogP contribution in [-0.2, 0) is 0 Å². The van der Waals surface area contributed by atoms with Crippen LogP contribution in [0.15, 0.2) is 12.1 Å². The molecule has 0 aromatic heterocycles. The standard InChI is InChI=1S/C24H34N2/c1-16-6-17(2)22(18(3)7-16)26-15-25(14-23(26,4)5)24-11-19-8-20(12-24)10-21(9-19)13-24/h6-7,19-21H,8-14H2,1-5H3. The second-order valence-corrected chi connectivity index (χ2v) is 10.7. The quantitative estimate of drug-likeness (QED) is 0.697. The van der Waals surface area contributed by atoms with Gasteiger partial charge in [-0.2, -0.15) is 0 Å².